The summed E-state index contributed by atoms with van der Waals surface area (Å²) < 4.78 is 0. The van der Waals surface area contributed by atoms with Crippen LogP contribution in [0.3, 0.4) is 0 Å². The molecule has 0 aliphatic heterocycles. The molecule has 0 saturated heterocycles. The molecule has 3 N–H and O–H groups in total. The fourth-order valence-electron chi connectivity index (χ4n) is 1.73. The van der Waals surface area contributed by atoms with E-state index in [0.717, 1.165) is 0 Å². The van der Waals surface area contributed by atoms with E-state index in [0.29, 0.717) is 21.8 Å². The number of carbonyl (C=O) groups is 1. The number of aliphatic carboxylic acids is 1. The maximum Gasteiger partial charge on any atom is 0.336 e. The van der Waals surface area contributed by atoms with Crippen LogP contribution in [0.25, 0.3) is 11.6 Å². The summed E-state index contributed by atoms with van der Waals surface area (Å²) in [4.78, 5) is 11.4. The predicted octanol–water partition coefficient (Wildman–Crippen LogP) is 3.55. The number of hydrogen-bond donors (Lipinski definition) is 2. The van der Waals surface area contributed by atoms with E-state index in [2.05, 4.69) is 0 Å². The zero-order chi connectivity index (χ0) is 13.8. The Morgan fingerprint density at radius 1 is 1.11 bits per heavy atom. The van der Waals surface area contributed by atoms with Gasteiger partial charge in [-0.3, -0.25) is 0 Å². The zero-order valence-corrected chi connectivity index (χ0v) is 10.8. The van der Waals surface area contributed by atoms with Gasteiger partial charge in [0.15, 0.2) is 0 Å². The molecule has 0 amide bonds. The molecule has 3 nitrogen and oxygen atoms in total. The Morgan fingerprint density at radius 3 is 2.37 bits per heavy atom. The number of benzene rings is 2. The summed E-state index contributed by atoms with van der Waals surface area (Å²) in [6.45, 7) is 0. The van der Waals surface area contributed by atoms with E-state index in [-0.39, 0.29) is 5.57 Å². The summed E-state index contributed by atoms with van der Waals surface area (Å²) in [5.41, 5.74) is 7.58. The first-order chi connectivity index (χ1) is 9.09. The van der Waals surface area contributed by atoms with E-state index in [1.807, 2.05) is 0 Å². The SMILES string of the molecule is Nc1ccccc1C=C(C(=O)O)c1ccccc1Cl. The highest BCUT2D eigenvalue weighted by molar-refractivity contribution is 6.35. The average Bonchev–Trinajstić information content (AvgIpc) is 2.38. The number of carboxylic acid groups (broad SMARTS) is 1. The summed E-state index contributed by atoms with van der Waals surface area (Å²) in [6.07, 6.45) is 1.53. The lowest BCUT2D eigenvalue weighted by Crippen LogP contribution is -2.01. The number of halogens is 1. The van der Waals surface area contributed by atoms with Gasteiger partial charge in [-0.25, -0.2) is 4.79 Å². The highest BCUT2D eigenvalue weighted by atomic mass is 35.5. The van der Waals surface area contributed by atoms with Crippen molar-refractivity contribution in [2.75, 3.05) is 5.73 Å². The number of carboxylic acids is 1. The zero-order valence-electron chi connectivity index (χ0n) is 10.0. The van der Waals surface area contributed by atoms with E-state index >= 15 is 0 Å². The second-order valence-electron chi connectivity index (χ2n) is 3.97. The molecule has 0 aliphatic rings. The van der Waals surface area contributed by atoms with Gasteiger partial charge in [0.2, 0.25) is 0 Å². The lowest BCUT2D eigenvalue weighted by molar-refractivity contribution is -0.130. The van der Waals surface area contributed by atoms with Crippen molar-refractivity contribution in [3.8, 4) is 0 Å². The lowest BCUT2D eigenvalue weighted by atomic mass is 10.0. The van der Waals surface area contributed by atoms with Gasteiger partial charge in [-0.15, -0.1) is 0 Å². The molecule has 0 atom stereocenters. The van der Waals surface area contributed by atoms with Crippen LogP contribution in [-0.4, -0.2) is 11.1 Å². The van der Waals surface area contributed by atoms with Crippen LogP contribution in [0.1, 0.15) is 11.1 Å². The van der Waals surface area contributed by atoms with Gasteiger partial charge in [-0.05, 0) is 23.8 Å². The molecule has 0 saturated carbocycles. The van der Waals surface area contributed by atoms with E-state index in [1.165, 1.54) is 6.08 Å². The normalized spacial score (nSPS) is 11.3. The van der Waals surface area contributed by atoms with Gasteiger partial charge >= 0.3 is 5.97 Å². The first-order valence-corrected chi connectivity index (χ1v) is 6.02. The molecule has 0 unspecified atom stereocenters. The minimum absolute atomic E-state index is 0.114. The van der Waals surface area contributed by atoms with Crippen LogP contribution < -0.4 is 5.73 Å². The Hall–Kier alpha value is -2.26. The molecule has 0 radical (unpaired) electrons. The summed E-state index contributed by atoms with van der Waals surface area (Å²) in [5, 5.41) is 9.73. The monoisotopic (exact) mass is 273 g/mol. The number of para-hydroxylation sites is 1. The highest BCUT2D eigenvalue weighted by Crippen LogP contribution is 2.27. The van der Waals surface area contributed by atoms with Crippen LogP contribution in [0.2, 0.25) is 5.02 Å². The molecule has 19 heavy (non-hydrogen) atoms. The van der Waals surface area contributed by atoms with Gasteiger partial charge in [0.25, 0.3) is 0 Å². The van der Waals surface area contributed by atoms with Crippen molar-refractivity contribution in [3.05, 3.63) is 64.7 Å². The number of nitrogen functional groups attached to an aromatic ring is 1. The van der Waals surface area contributed by atoms with Crippen LogP contribution in [0.4, 0.5) is 5.69 Å². The highest BCUT2D eigenvalue weighted by Gasteiger charge is 2.13. The molecular weight excluding hydrogens is 262 g/mol. The van der Waals surface area contributed by atoms with Crippen molar-refractivity contribution in [1.29, 1.82) is 0 Å². The third-order valence-corrected chi connectivity index (χ3v) is 3.02. The Kier molecular flexibility index (Phi) is 3.88. The molecule has 0 aromatic heterocycles. The van der Waals surface area contributed by atoms with Crippen molar-refractivity contribution in [2.24, 2.45) is 0 Å². The maximum atomic E-state index is 11.4. The Morgan fingerprint density at radius 2 is 1.74 bits per heavy atom. The summed E-state index contributed by atoms with van der Waals surface area (Å²) in [6, 6.07) is 13.9. The predicted molar refractivity (Wildman–Crippen MR) is 77.8 cm³/mol. The third-order valence-electron chi connectivity index (χ3n) is 2.69. The number of rotatable bonds is 3. The first kappa shape index (κ1) is 13.2. The van der Waals surface area contributed by atoms with Crippen molar-refractivity contribution >= 4 is 34.9 Å². The van der Waals surface area contributed by atoms with Crippen molar-refractivity contribution < 1.29 is 9.90 Å². The van der Waals surface area contributed by atoms with Crippen LogP contribution in [0, 0.1) is 0 Å². The molecule has 0 spiro atoms. The van der Waals surface area contributed by atoms with Crippen LogP contribution in [0.5, 0.6) is 0 Å². The van der Waals surface area contributed by atoms with Crippen molar-refractivity contribution in [3.63, 3.8) is 0 Å². The molecule has 0 heterocycles. The van der Waals surface area contributed by atoms with Crippen molar-refractivity contribution in [1.82, 2.24) is 0 Å². The molecule has 2 aromatic carbocycles. The molecule has 0 aliphatic carbocycles. The fourth-order valence-corrected chi connectivity index (χ4v) is 1.97. The molecule has 96 valence electrons. The standard InChI is InChI=1S/C15H12ClNO2/c16-13-7-3-2-6-11(13)12(15(18)19)9-10-5-1-4-8-14(10)17/h1-9H,17H2,(H,18,19). The van der Waals surface area contributed by atoms with E-state index < -0.39 is 5.97 Å². The summed E-state index contributed by atoms with van der Waals surface area (Å²) in [7, 11) is 0. The number of hydrogen-bond acceptors (Lipinski definition) is 2. The van der Waals surface area contributed by atoms with E-state index in [4.69, 9.17) is 17.3 Å². The van der Waals surface area contributed by atoms with Gasteiger partial charge in [0.1, 0.15) is 0 Å². The van der Waals surface area contributed by atoms with Crippen LogP contribution >= 0.6 is 11.6 Å². The van der Waals surface area contributed by atoms with Gasteiger partial charge in [-0.2, -0.15) is 0 Å². The topological polar surface area (TPSA) is 63.3 Å². The first-order valence-electron chi connectivity index (χ1n) is 5.64. The molecule has 0 bridgehead atoms. The van der Waals surface area contributed by atoms with E-state index in [1.54, 1.807) is 48.5 Å². The second-order valence-corrected chi connectivity index (χ2v) is 4.38. The minimum atomic E-state index is -1.05. The minimum Gasteiger partial charge on any atom is -0.478 e. The average molecular weight is 274 g/mol. The van der Waals surface area contributed by atoms with Crippen LogP contribution in [0.15, 0.2) is 48.5 Å². The third kappa shape index (κ3) is 2.95. The number of nitrogens with two attached hydrogens (primary N) is 1. The van der Waals surface area contributed by atoms with E-state index in [9.17, 15) is 9.90 Å². The number of anilines is 1. The summed E-state index contributed by atoms with van der Waals surface area (Å²) in [5.74, 6) is -1.05. The molecule has 2 rings (SSSR count). The Labute approximate surface area is 115 Å². The quantitative estimate of drug-likeness (QED) is 0.511. The van der Waals surface area contributed by atoms with Crippen LogP contribution in [-0.2, 0) is 4.79 Å². The Bertz CT molecular complexity index is 650. The van der Waals surface area contributed by atoms with Gasteiger partial charge in [-0.1, -0.05) is 48.0 Å². The van der Waals surface area contributed by atoms with Gasteiger partial charge in [0, 0.05) is 16.3 Å². The maximum absolute atomic E-state index is 11.4. The fraction of sp³-hybridized carbons (Fsp3) is 0. The van der Waals surface area contributed by atoms with Gasteiger partial charge in [0.05, 0.1) is 5.57 Å². The molecular formula is C15H12ClNO2. The van der Waals surface area contributed by atoms with Gasteiger partial charge < -0.3 is 10.8 Å². The molecule has 0 fully saturated rings. The molecule has 4 heteroatoms. The summed E-state index contributed by atoms with van der Waals surface area (Å²) >= 11 is 6.03. The molecule has 2 aromatic rings. The lowest BCUT2D eigenvalue weighted by Gasteiger charge is -2.06. The smallest absolute Gasteiger partial charge is 0.336 e. The largest absolute Gasteiger partial charge is 0.478 e. The Balaban J connectivity index is 2.57. The van der Waals surface area contributed by atoms with Crippen molar-refractivity contribution in [2.45, 2.75) is 0 Å². The second kappa shape index (κ2) is 5.59.